The number of phenolic OH excluding ortho intramolecular Hbond substituents is 2. The van der Waals surface area contributed by atoms with Crippen LogP contribution in [-0.2, 0) is 33.3 Å². The fourth-order valence-electron chi connectivity index (χ4n) is 6.55. The molecule has 1 fully saturated rings. The summed E-state index contributed by atoms with van der Waals surface area (Å²) in [5.74, 6) is -7.88. The van der Waals surface area contributed by atoms with E-state index in [0.29, 0.717) is 0 Å². The lowest BCUT2D eigenvalue weighted by atomic mass is 9.78. The second kappa shape index (κ2) is 14.1. The van der Waals surface area contributed by atoms with Gasteiger partial charge in [-0.1, -0.05) is 45.9 Å². The van der Waals surface area contributed by atoms with Crippen LogP contribution in [0.1, 0.15) is 48.5 Å². The molecule has 1 aliphatic carbocycles. The summed E-state index contributed by atoms with van der Waals surface area (Å²) < 4.78 is 22.9. The number of methoxy groups -OCH3 is 1. The third-order valence-electron chi connectivity index (χ3n) is 9.53. The van der Waals surface area contributed by atoms with Crippen molar-refractivity contribution in [3.63, 3.8) is 0 Å². The maximum atomic E-state index is 13.7. The molecule has 3 heterocycles. The first-order valence-corrected chi connectivity index (χ1v) is 15.8. The highest BCUT2D eigenvalue weighted by atomic mass is 16.7. The molecule has 4 aliphatic rings. The molecule has 262 valence electrons. The lowest BCUT2D eigenvalue weighted by molar-refractivity contribution is -0.184. The lowest BCUT2D eigenvalue weighted by Gasteiger charge is -2.38. The topological polar surface area (TPSA) is 201 Å². The van der Waals surface area contributed by atoms with Crippen LogP contribution in [0.25, 0.3) is 11.3 Å². The zero-order valence-corrected chi connectivity index (χ0v) is 28.3. The van der Waals surface area contributed by atoms with Gasteiger partial charge < -0.3 is 49.8 Å². The largest absolute Gasteiger partial charge is 0.508 e. The molecule has 1 amide bonds. The molecule has 48 heavy (non-hydrogen) atoms. The summed E-state index contributed by atoms with van der Waals surface area (Å²) >= 11 is 0. The zero-order valence-electron chi connectivity index (χ0n) is 28.3. The lowest BCUT2D eigenvalue weighted by Crippen LogP contribution is -2.46. The van der Waals surface area contributed by atoms with E-state index in [2.05, 4.69) is 5.32 Å². The van der Waals surface area contributed by atoms with Crippen LogP contribution in [0, 0.1) is 23.7 Å². The van der Waals surface area contributed by atoms with Gasteiger partial charge in [0.15, 0.2) is 5.75 Å². The molecular formula is C35H45NO12. The Morgan fingerprint density at radius 2 is 1.65 bits per heavy atom. The van der Waals surface area contributed by atoms with Crippen LogP contribution >= 0.6 is 0 Å². The number of nitrogens with one attached hydrogen (secondary N) is 1. The summed E-state index contributed by atoms with van der Waals surface area (Å²) in [6.07, 6.45) is 2.24. The Morgan fingerprint density at radius 3 is 2.27 bits per heavy atom. The molecule has 6 N–H and O–H groups in total. The van der Waals surface area contributed by atoms with Gasteiger partial charge in [0.05, 0.1) is 41.1 Å². The smallest absolute Gasteiger partial charge is 0.302 e. The number of esters is 1. The third kappa shape index (κ3) is 6.73. The van der Waals surface area contributed by atoms with Crippen LogP contribution in [0.5, 0.6) is 11.5 Å². The van der Waals surface area contributed by atoms with Gasteiger partial charge in [0, 0.05) is 61.5 Å². The van der Waals surface area contributed by atoms with E-state index >= 15 is 0 Å². The van der Waals surface area contributed by atoms with Crippen molar-refractivity contribution in [2.45, 2.75) is 84.8 Å². The number of ether oxygens (including phenoxy) is 4. The van der Waals surface area contributed by atoms with Gasteiger partial charge in [-0.2, -0.15) is 0 Å². The molecule has 1 aromatic carbocycles. The number of fused-ring (bicyclic) bond motifs is 14. The van der Waals surface area contributed by atoms with Gasteiger partial charge in [0.2, 0.25) is 5.78 Å². The molecule has 3 aliphatic heterocycles. The van der Waals surface area contributed by atoms with Gasteiger partial charge in [0.25, 0.3) is 11.7 Å². The molecular weight excluding hydrogens is 626 g/mol. The van der Waals surface area contributed by atoms with Gasteiger partial charge in [-0.15, -0.1) is 0 Å². The van der Waals surface area contributed by atoms with Crippen molar-refractivity contribution < 1.29 is 58.9 Å². The summed E-state index contributed by atoms with van der Waals surface area (Å²) in [6.45, 7) is 11.0. The summed E-state index contributed by atoms with van der Waals surface area (Å²) in [7, 11) is 1.43. The van der Waals surface area contributed by atoms with E-state index in [1.807, 2.05) is 0 Å². The molecule has 0 aromatic heterocycles. The molecule has 10 atom stereocenters. The Morgan fingerprint density at radius 1 is 0.979 bits per heavy atom. The number of hydrogen-bond acceptors (Lipinski definition) is 12. The predicted octanol–water partition coefficient (Wildman–Crippen LogP) is 1.81. The minimum Gasteiger partial charge on any atom is -0.508 e. The quantitative estimate of drug-likeness (QED) is 0.152. The van der Waals surface area contributed by atoms with E-state index in [1.54, 1.807) is 39.8 Å². The van der Waals surface area contributed by atoms with Crippen molar-refractivity contribution in [2.75, 3.05) is 12.4 Å². The van der Waals surface area contributed by atoms with Crippen LogP contribution in [0.4, 0.5) is 5.69 Å². The number of benzene rings is 1. The van der Waals surface area contributed by atoms with E-state index in [-0.39, 0.29) is 27.3 Å². The highest BCUT2D eigenvalue weighted by Gasteiger charge is 2.54. The molecule has 1 unspecified atom stereocenters. The minimum atomic E-state index is -1.96. The predicted molar refractivity (Wildman–Crippen MR) is 174 cm³/mol. The number of Topliss-reactive ketones (excluding diaryl/α,β-unsaturated/α-hetero) is 1. The van der Waals surface area contributed by atoms with Gasteiger partial charge in [-0.05, 0) is 13.0 Å². The van der Waals surface area contributed by atoms with Crippen LogP contribution < -0.4 is 15.8 Å². The Balaban J connectivity index is 1.82. The standard InChI is InChI=1S/C35H45NO12/c1-15-10-9-11-16(2)34(44)36-21-14-22(38)24-25(29(21)41)30(42)32-26(24)33(43)35(7,48-32)46-13-12-23(45-8)17(3)31(47-20(6)37)19(5)28(40)18(4)27(15)39/h9-15,17-19,23,27-28,31-32,38-42H,1-8H3,(H,36,44)/b10-9+,13-12+,16-11-/t15-,17+,18+,19+,23-,27-,28+,31+,32?,35-/m0/s1. The second-order valence-electron chi connectivity index (χ2n) is 12.9. The van der Waals surface area contributed by atoms with Crippen molar-refractivity contribution in [3.05, 3.63) is 52.6 Å². The summed E-state index contributed by atoms with van der Waals surface area (Å²) in [5.41, 5.74) is -0.149. The number of carbonyl (C=O) groups is 3. The normalized spacial score (nSPS) is 37.0. The fraction of sp³-hybridized carbons (Fsp3) is 0.514. The van der Waals surface area contributed by atoms with Crippen molar-refractivity contribution in [1.82, 2.24) is 0 Å². The van der Waals surface area contributed by atoms with Crippen molar-refractivity contribution in [3.8, 4) is 11.5 Å². The van der Waals surface area contributed by atoms with Gasteiger partial charge >= 0.3 is 5.97 Å². The van der Waals surface area contributed by atoms with Gasteiger partial charge in [-0.25, -0.2) is 0 Å². The Kier molecular flexibility index (Phi) is 10.8. The molecule has 5 rings (SSSR count). The van der Waals surface area contributed by atoms with Crippen LogP contribution in [0.2, 0.25) is 0 Å². The molecule has 1 aromatic rings. The molecule has 0 saturated carbocycles. The first-order chi connectivity index (χ1) is 22.4. The van der Waals surface area contributed by atoms with Crippen LogP contribution in [0.3, 0.4) is 0 Å². The fourth-order valence-corrected chi connectivity index (χ4v) is 6.55. The number of aliphatic hydroxyl groups is 3. The Hall–Kier alpha value is -4.17. The van der Waals surface area contributed by atoms with Gasteiger partial charge in [-0.3, -0.25) is 14.4 Å². The molecule has 13 heteroatoms. The van der Waals surface area contributed by atoms with E-state index < -0.39 is 94.9 Å². The van der Waals surface area contributed by atoms with E-state index in [0.717, 1.165) is 6.07 Å². The molecule has 6 bridgehead atoms. The van der Waals surface area contributed by atoms with Crippen molar-refractivity contribution in [1.29, 1.82) is 0 Å². The third-order valence-corrected chi connectivity index (χ3v) is 9.53. The average molecular weight is 672 g/mol. The maximum absolute atomic E-state index is 13.7. The minimum absolute atomic E-state index is 0.139. The van der Waals surface area contributed by atoms with Crippen LogP contribution in [-0.4, -0.2) is 86.6 Å². The number of aromatic hydroxyl groups is 2. The SMILES string of the molecule is CO[C@H]1/C=C/O[C@@]2(C)OC3C(=c4c(O)cc(c(O)c4=C3O)NC(=O)/C(C)=C\C=C\[C@H](C)[C@H](O)[C@@H](C)[C@@H](O)[C@@H](C)[C@H](OC(C)=O)[C@@H]1C)C2=O. The highest BCUT2D eigenvalue weighted by Crippen LogP contribution is 2.39. The first kappa shape index (κ1) is 36.7. The van der Waals surface area contributed by atoms with Crippen LogP contribution in [0.15, 0.2) is 42.2 Å². The maximum Gasteiger partial charge on any atom is 0.302 e. The van der Waals surface area contributed by atoms with Crippen molar-refractivity contribution >= 4 is 34.7 Å². The highest BCUT2D eigenvalue weighted by molar-refractivity contribution is 6.24. The zero-order chi connectivity index (χ0) is 35.8. The summed E-state index contributed by atoms with van der Waals surface area (Å²) in [6, 6.07) is 1.07. The first-order valence-electron chi connectivity index (χ1n) is 15.8. The van der Waals surface area contributed by atoms with E-state index in [9.17, 15) is 39.9 Å². The molecule has 0 radical (unpaired) electrons. The number of phenols is 2. The Labute approximate surface area is 278 Å². The number of aliphatic hydroxyl groups excluding tert-OH is 3. The monoisotopic (exact) mass is 671 g/mol. The summed E-state index contributed by atoms with van der Waals surface area (Å²) in [4.78, 5) is 38.8. The molecule has 13 nitrogen and oxygen atoms in total. The number of hydrogen-bond donors (Lipinski definition) is 6. The number of ketones is 1. The average Bonchev–Trinajstić information content (AvgIpc) is 3.47. The number of allylic oxidation sites excluding steroid dienone is 2. The van der Waals surface area contributed by atoms with E-state index in [4.69, 9.17) is 18.9 Å². The Bertz CT molecular complexity index is 1680. The van der Waals surface area contributed by atoms with Gasteiger partial charge in [0.1, 0.15) is 23.7 Å². The summed E-state index contributed by atoms with van der Waals surface area (Å²) in [5, 5.41) is 57.6. The molecule has 0 spiro atoms. The van der Waals surface area contributed by atoms with E-state index in [1.165, 1.54) is 46.3 Å². The number of anilines is 1. The second-order valence-corrected chi connectivity index (χ2v) is 12.9. The number of rotatable bonds is 2. The number of carbonyl (C=O) groups excluding carboxylic acids is 3. The molecule has 1 saturated heterocycles. The van der Waals surface area contributed by atoms with Crippen molar-refractivity contribution in [2.24, 2.45) is 23.7 Å². The number of amides is 1.